The van der Waals surface area contributed by atoms with E-state index in [4.69, 9.17) is 5.11 Å². The third-order valence-electron chi connectivity index (χ3n) is 3.13. The molecule has 16 heavy (non-hydrogen) atoms. The van der Waals surface area contributed by atoms with Crippen molar-refractivity contribution in [2.45, 2.75) is 38.1 Å². The summed E-state index contributed by atoms with van der Waals surface area (Å²) in [6.45, 7) is 0.590. The second kappa shape index (κ2) is 5.05. The molecule has 0 aromatic heterocycles. The van der Waals surface area contributed by atoms with Crippen molar-refractivity contribution in [1.29, 1.82) is 0 Å². The standard InChI is InChI=1S/C12H18N2O2/c15-12(16)9-6-7-13-11(8-9)14-10-4-2-1-3-5-10/h6,8,10,13-14H,1-5,7H2,(H,15,16). The van der Waals surface area contributed by atoms with Crippen molar-refractivity contribution in [3.8, 4) is 0 Å². The maximum Gasteiger partial charge on any atom is 0.335 e. The first-order chi connectivity index (χ1) is 7.75. The molecule has 4 heteroatoms. The predicted molar refractivity (Wildman–Crippen MR) is 61.8 cm³/mol. The number of nitrogens with one attached hydrogen (secondary N) is 2. The minimum Gasteiger partial charge on any atom is -0.478 e. The number of dihydropyridines is 1. The van der Waals surface area contributed by atoms with Crippen LogP contribution in [0.5, 0.6) is 0 Å². The van der Waals surface area contributed by atoms with Crippen LogP contribution in [0.15, 0.2) is 23.5 Å². The van der Waals surface area contributed by atoms with Gasteiger partial charge in [-0.25, -0.2) is 4.79 Å². The van der Waals surface area contributed by atoms with Crippen LogP contribution in [0, 0.1) is 0 Å². The van der Waals surface area contributed by atoms with Crippen LogP contribution in [0.2, 0.25) is 0 Å². The molecule has 1 heterocycles. The quantitative estimate of drug-likeness (QED) is 0.675. The molecule has 3 N–H and O–H groups in total. The zero-order valence-corrected chi connectivity index (χ0v) is 9.33. The summed E-state index contributed by atoms with van der Waals surface area (Å²) in [5, 5.41) is 15.4. The van der Waals surface area contributed by atoms with E-state index in [1.807, 2.05) is 0 Å². The van der Waals surface area contributed by atoms with E-state index >= 15 is 0 Å². The Bertz CT molecular complexity index is 328. The van der Waals surface area contributed by atoms with Crippen molar-refractivity contribution in [2.75, 3.05) is 6.54 Å². The summed E-state index contributed by atoms with van der Waals surface area (Å²) in [7, 11) is 0. The van der Waals surface area contributed by atoms with E-state index in [2.05, 4.69) is 10.6 Å². The van der Waals surface area contributed by atoms with E-state index in [0.717, 1.165) is 5.82 Å². The van der Waals surface area contributed by atoms with Gasteiger partial charge in [-0.2, -0.15) is 0 Å². The van der Waals surface area contributed by atoms with Gasteiger partial charge in [0.15, 0.2) is 0 Å². The highest BCUT2D eigenvalue weighted by atomic mass is 16.4. The minimum absolute atomic E-state index is 0.372. The molecule has 0 saturated heterocycles. The molecule has 88 valence electrons. The van der Waals surface area contributed by atoms with Gasteiger partial charge in [-0.05, 0) is 18.9 Å². The average molecular weight is 222 g/mol. The van der Waals surface area contributed by atoms with Gasteiger partial charge in [-0.3, -0.25) is 0 Å². The lowest BCUT2D eigenvalue weighted by atomic mass is 9.95. The second-order valence-corrected chi connectivity index (χ2v) is 4.38. The molecule has 4 nitrogen and oxygen atoms in total. The number of aliphatic carboxylic acids is 1. The van der Waals surface area contributed by atoms with Crippen LogP contribution < -0.4 is 10.6 Å². The van der Waals surface area contributed by atoms with E-state index in [9.17, 15) is 4.79 Å². The molecule has 2 rings (SSSR count). The molecule has 1 fully saturated rings. The molecule has 0 spiro atoms. The van der Waals surface area contributed by atoms with Crippen molar-refractivity contribution in [3.63, 3.8) is 0 Å². The molecule has 2 aliphatic rings. The fourth-order valence-electron chi connectivity index (χ4n) is 2.24. The highest BCUT2D eigenvalue weighted by Gasteiger charge is 2.16. The Hall–Kier alpha value is -1.45. The average Bonchev–Trinajstić information content (AvgIpc) is 2.30. The molecule has 0 unspecified atom stereocenters. The lowest BCUT2D eigenvalue weighted by molar-refractivity contribution is -0.132. The zero-order valence-electron chi connectivity index (χ0n) is 9.33. The molecule has 0 bridgehead atoms. The molecule has 0 aromatic rings. The monoisotopic (exact) mass is 222 g/mol. The number of carboxylic acids is 1. The fraction of sp³-hybridized carbons (Fsp3) is 0.583. The lowest BCUT2D eigenvalue weighted by Gasteiger charge is -2.26. The molecule has 0 amide bonds. The minimum atomic E-state index is -0.857. The molecule has 1 aliphatic heterocycles. The van der Waals surface area contributed by atoms with Gasteiger partial charge in [-0.15, -0.1) is 0 Å². The summed E-state index contributed by atoms with van der Waals surface area (Å²) in [4.78, 5) is 10.8. The largest absolute Gasteiger partial charge is 0.478 e. The van der Waals surface area contributed by atoms with Crippen molar-refractivity contribution >= 4 is 5.97 Å². The van der Waals surface area contributed by atoms with Crippen LogP contribution in [-0.2, 0) is 4.79 Å². The predicted octanol–water partition coefficient (Wildman–Crippen LogP) is 1.36. The van der Waals surface area contributed by atoms with E-state index in [1.54, 1.807) is 12.2 Å². The Morgan fingerprint density at radius 3 is 2.81 bits per heavy atom. The Balaban J connectivity index is 1.94. The SMILES string of the molecule is O=C(O)C1=CCNC(NC2CCCCC2)=C1. The van der Waals surface area contributed by atoms with Crippen molar-refractivity contribution in [2.24, 2.45) is 0 Å². The molecule has 1 aliphatic carbocycles. The Morgan fingerprint density at radius 1 is 1.38 bits per heavy atom. The van der Waals surface area contributed by atoms with Gasteiger partial charge in [-0.1, -0.05) is 25.3 Å². The van der Waals surface area contributed by atoms with Crippen molar-refractivity contribution in [3.05, 3.63) is 23.5 Å². The van der Waals surface area contributed by atoms with Gasteiger partial charge in [0.2, 0.25) is 0 Å². The van der Waals surface area contributed by atoms with Crippen LogP contribution in [0.1, 0.15) is 32.1 Å². The smallest absolute Gasteiger partial charge is 0.335 e. The first kappa shape index (κ1) is 11.0. The van der Waals surface area contributed by atoms with E-state index in [-0.39, 0.29) is 0 Å². The van der Waals surface area contributed by atoms with Gasteiger partial charge in [0, 0.05) is 12.6 Å². The van der Waals surface area contributed by atoms with Crippen LogP contribution in [0.4, 0.5) is 0 Å². The van der Waals surface area contributed by atoms with Gasteiger partial charge < -0.3 is 15.7 Å². The molecule has 0 atom stereocenters. The van der Waals surface area contributed by atoms with Gasteiger partial charge >= 0.3 is 5.97 Å². The lowest BCUT2D eigenvalue weighted by Crippen LogP contribution is -2.37. The van der Waals surface area contributed by atoms with Crippen LogP contribution in [0.25, 0.3) is 0 Å². The maximum absolute atomic E-state index is 10.8. The zero-order chi connectivity index (χ0) is 11.4. The number of hydrogen-bond acceptors (Lipinski definition) is 3. The molecule has 0 aromatic carbocycles. The van der Waals surface area contributed by atoms with Crippen molar-refractivity contribution < 1.29 is 9.90 Å². The summed E-state index contributed by atoms with van der Waals surface area (Å²) in [5.41, 5.74) is 0.372. The Kier molecular flexibility index (Phi) is 3.49. The molecule has 0 radical (unpaired) electrons. The van der Waals surface area contributed by atoms with E-state index in [1.165, 1.54) is 32.1 Å². The third-order valence-corrected chi connectivity index (χ3v) is 3.13. The third kappa shape index (κ3) is 2.78. The number of carboxylic acid groups (broad SMARTS) is 1. The van der Waals surface area contributed by atoms with Gasteiger partial charge in [0.25, 0.3) is 0 Å². The highest BCUT2D eigenvalue weighted by molar-refractivity contribution is 5.90. The summed E-state index contributed by atoms with van der Waals surface area (Å²) in [6.07, 6.45) is 9.61. The highest BCUT2D eigenvalue weighted by Crippen LogP contribution is 2.18. The molecular formula is C12H18N2O2. The number of hydrogen-bond donors (Lipinski definition) is 3. The number of rotatable bonds is 3. The van der Waals surface area contributed by atoms with Gasteiger partial charge in [0.1, 0.15) is 0 Å². The number of carbonyl (C=O) groups is 1. The Labute approximate surface area is 95.4 Å². The van der Waals surface area contributed by atoms with E-state index < -0.39 is 5.97 Å². The second-order valence-electron chi connectivity index (χ2n) is 4.38. The topological polar surface area (TPSA) is 61.4 Å². The van der Waals surface area contributed by atoms with Crippen LogP contribution >= 0.6 is 0 Å². The van der Waals surface area contributed by atoms with Gasteiger partial charge in [0.05, 0.1) is 11.4 Å². The van der Waals surface area contributed by atoms with Crippen LogP contribution in [-0.4, -0.2) is 23.7 Å². The molecule has 1 saturated carbocycles. The normalized spacial score (nSPS) is 21.8. The maximum atomic E-state index is 10.8. The van der Waals surface area contributed by atoms with E-state index in [0.29, 0.717) is 18.2 Å². The first-order valence-electron chi connectivity index (χ1n) is 5.91. The molecular weight excluding hydrogens is 204 g/mol. The Morgan fingerprint density at radius 2 is 2.12 bits per heavy atom. The van der Waals surface area contributed by atoms with Crippen molar-refractivity contribution in [1.82, 2.24) is 10.6 Å². The summed E-state index contributed by atoms with van der Waals surface area (Å²) in [5.74, 6) is -0.00348. The fourth-order valence-corrected chi connectivity index (χ4v) is 2.24. The summed E-state index contributed by atoms with van der Waals surface area (Å²) < 4.78 is 0. The van der Waals surface area contributed by atoms with Crippen LogP contribution in [0.3, 0.4) is 0 Å². The summed E-state index contributed by atoms with van der Waals surface area (Å²) >= 11 is 0. The summed E-state index contributed by atoms with van der Waals surface area (Å²) in [6, 6.07) is 0.501. The first-order valence-corrected chi connectivity index (χ1v) is 5.91.